The van der Waals surface area contributed by atoms with Crippen molar-refractivity contribution in [3.63, 3.8) is 0 Å². The lowest BCUT2D eigenvalue weighted by atomic mass is 9.80. The number of nitrogens with one attached hydrogen (secondary N) is 1. The lowest BCUT2D eigenvalue weighted by molar-refractivity contribution is 0.249. The first-order chi connectivity index (χ1) is 8.49. The number of nitrogens with zero attached hydrogens (tertiary/aromatic N) is 2. The van der Waals surface area contributed by atoms with Crippen LogP contribution in [-0.2, 0) is 13.5 Å². The highest BCUT2D eigenvalue weighted by Crippen LogP contribution is 2.46. The van der Waals surface area contributed by atoms with E-state index in [1.807, 2.05) is 17.9 Å². The molecular weight excluding hydrogens is 222 g/mol. The number of aryl methyl sites for hydroxylation is 1. The molecule has 1 aliphatic carbocycles. The Morgan fingerprint density at radius 3 is 2.72 bits per heavy atom. The Morgan fingerprint density at radius 2 is 2.22 bits per heavy atom. The lowest BCUT2D eigenvalue weighted by Gasteiger charge is -2.30. The molecule has 102 valence electrons. The fraction of sp³-hybridized carbons (Fsp3) is 0.800. The molecule has 18 heavy (non-hydrogen) atoms. The molecule has 2 rings (SSSR count). The summed E-state index contributed by atoms with van der Waals surface area (Å²) >= 11 is 0. The molecule has 0 amide bonds. The fourth-order valence-electron chi connectivity index (χ4n) is 2.75. The molecule has 1 aromatic rings. The molecule has 1 N–H and O–H groups in total. The van der Waals surface area contributed by atoms with Crippen LogP contribution in [0.1, 0.15) is 39.3 Å². The Bertz CT molecular complexity index is 379. The van der Waals surface area contributed by atoms with Crippen LogP contribution in [0, 0.1) is 17.3 Å². The summed E-state index contributed by atoms with van der Waals surface area (Å²) in [6.45, 7) is 9.18. The smallest absolute Gasteiger partial charge is 0.0630 e. The maximum Gasteiger partial charge on any atom is 0.0630 e. The van der Waals surface area contributed by atoms with Gasteiger partial charge in [0.15, 0.2) is 0 Å². The first-order valence-corrected chi connectivity index (χ1v) is 7.19. The first-order valence-electron chi connectivity index (χ1n) is 7.19. The topological polar surface area (TPSA) is 29.9 Å². The van der Waals surface area contributed by atoms with Crippen LogP contribution in [0.15, 0.2) is 12.3 Å². The number of aromatic nitrogens is 2. The zero-order valence-corrected chi connectivity index (χ0v) is 12.2. The largest absolute Gasteiger partial charge is 0.316 e. The minimum absolute atomic E-state index is 0.378. The van der Waals surface area contributed by atoms with E-state index in [9.17, 15) is 0 Å². The van der Waals surface area contributed by atoms with Gasteiger partial charge in [-0.15, -0.1) is 0 Å². The molecule has 0 radical (unpaired) electrons. The normalized spacial score (nSPS) is 19.2. The van der Waals surface area contributed by atoms with E-state index in [1.165, 1.54) is 18.5 Å². The summed E-state index contributed by atoms with van der Waals surface area (Å²) in [5, 5.41) is 8.18. The van der Waals surface area contributed by atoms with Crippen LogP contribution < -0.4 is 5.32 Å². The molecule has 0 saturated heterocycles. The van der Waals surface area contributed by atoms with Crippen LogP contribution in [-0.4, -0.2) is 22.9 Å². The maximum atomic E-state index is 4.54. The highest BCUT2D eigenvalue weighted by Gasteiger charge is 2.41. The standard InChI is InChI=1S/C15H27N3/c1-12(2)10-16-11-15(3,13-5-6-13)9-14-7-8-18(4)17-14/h7-8,12-13,16H,5-6,9-11H2,1-4H3. The van der Waals surface area contributed by atoms with Gasteiger partial charge in [-0.3, -0.25) is 4.68 Å². The van der Waals surface area contributed by atoms with Crippen molar-refractivity contribution in [2.24, 2.45) is 24.3 Å². The van der Waals surface area contributed by atoms with Gasteiger partial charge in [0.25, 0.3) is 0 Å². The van der Waals surface area contributed by atoms with Crippen LogP contribution in [0.5, 0.6) is 0 Å². The molecule has 0 aromatic carbocycles. The van der Waals surface area contributed by atoms with Crippen molar-refractivity contribution in [2.75, 3.05) is 13.1 Å². The summed E-state index contributed by atoms with van der Waals surface area (Å²) in [7, 11) is 2.00. The summed E-state index contributed by atoms with van der Waals surface area (Å²) in [4.78, 5) is 0. The monoisotopic (exact) mass is 249 g/mol. The van der Waals surface area contributed by atoms with E-state index in [-0.39, 0.29) is 0 Å². The molecule has 1 fully saturated rings. The van der Waals surface area contributed by atoms with Crippen molar-refractivity contribution in [2.45, 2.75) is 40.0 Å². The minimum atomic E-state index is 0.378. The maximum absolute atomic E-state index is 4.54. The van der Waals surface area contributed by atoms with Gasteiger partial charge in [0, 0.05) is 19.8 Å². The van der Waals surface area contributed by atoms with E-state index < -0.39 is 0 Å². The van der Waals surface area contributed by atoms with Gasteiger partial charge in [0.1, 0.15) is 0 Å². The summed E-state index contributed by atoms with van der Waals surface area (Å²) in [5.74, 6) is 1.61. The second kappa shape index (κ2) is 5.43. The second-order valence-corrected chi connectivity index (χ2v) is 6.61. The molecule has 1 heterocycles. The quantitative estimate of drug-likeness (QED) is 0.805. The van der Waals surface area contributed by atoms with Crippen LogP contribution in [0.4, 0.5) is 0 Å². The van der Waals surface area contributed by atoms with Gasteiger partial charge < -0.3 is 5.32 Å². The molecule has 3 heteroatoms. The Balaban J connectivity index is 1.93. The van der Waals surface area contributed by atoms with Crippen molar-refractivity contribution in [1.82, 2.24) is 15.1 Å². The summed E-state index contributed by atoms with van der Waals surface area (Å²) < 4.78 is 1.91. The third-order valence-corrected chi connectivity index (χ3v) is 4.00. The van der Waals surface area contributed by atoms with Gasteiger partial charge in [-0.25, -0.2) is 0 Å². The van der Waals surface area contributed by atoms with E-state index in [2.05, 4.69) is 37.3 Å². The van der Waals surface area contributed by atoms with Crippen molar-refractivity contribution in [3.05, 3.63) is 18.0 Å². The molecule has 3 nitrogen and oxygen atoms in total. The minimum Gasteiger partial charge on any atom is -0.316 e. The highest BCUT2D eigenvalue weighted by atomic mass is 15.2. The number of hydrogen-bond acceptors (Lipinski definition) is 2. The molecule has 1 unspecified atom stereocenters. The molecule has 1 aliphatic rings. The van der Waals surface area contributed by atoms with E-state index in [4.69, 9.17) is 0 Å². The zero-order chi connectivity index (χ0) is 13.2. The van der Waals surface area contributed by atoms with Gasteiger partial charge in [0.2, 0.25) is 0 Å². The van der Waals surface area contributed by atoms with E-state index in [1.54, 1.807) is 0 Å². The highest BCUT2D eigenvalue weighted by molar-refractivity contribution is 5.06. The average molecular weight is 249 g/mol. The van der Waals surface area contributed by atoms with E-state index >= 15 is 0 Å². The second-order valence-electron chi connectivity index (χ2n) is 6.61. The fourth-order valence-corrected chi connectivity index (χ4v) is 2.75. The number of hydrogen-bond donors (Lipinski definition) is 1. The Hall–Kier alpha value is -0.830. The van der Waals surface area contributed by atoms with Crippen molar-refractivity contribution >= 4 is 0 Å². The molecule has 0 bridgehead atoms. The van der Waals surface area contributed by atoms with E-state index in [0.717, 1.165) is 31.3 Å². The Morgan fingerprint density at radius 1 is 1.50 bits per heavy atom. The summed E-state index contributed by atoms with van der Waals surface area (Å²) in [6.07, 6.45) is 5.94. The summed E-state index contributed by atoms with van der Waals surface area (Å²) in [5.41, 5.74) is 1.61. The van der Waals surface area contributed by atoms with Crippen LogP contribution in [0.25, 0.3) is 0 Å². The zero-order valence-electron chi connectivity index (χ0n) is 12.2. The molecule has 0 spiro atoms. The van der Waals surface area contributed by atoms with Crippen molar-refractivity contribution in [1.29, 1.82) is 0 Å². The van der Waals surface area contributed by atoms with Gasteiger partial charge in [-0.1, -0.05) is 20.8 Å². The van der Waals surface area contributed by atoms with Crippen LogP contribution in [0.3, 0.4) is 0 Å². The summed E-state index contributed by atoms with van der Waals surface area (Å²) in [6, 6.07) is 2.16. The van der Waals surface area contributed by atoms with Gasteiger partial charge in [-0.2, -0.15) is 5.10 Å². The first kappa shape index (κ1) is 13.6. The number of rotatable bonds is 7. The third kappa shape index (κ3) is 3.58. The molecule has 0 aliphatic heterocycles. The van der Waals surface area contributed by atoms with Gasteiger partial charge in [0.05, 0.1) is 5.69 Å². The van der Waals surface area contributed by atoms with Gasteiger partial charge in [-0.05, 0) is 49.1 Å². The SMILES string of the molecule is CC(C)CNCC(C)(Cc1ccn(C)n1)C1CC1. The average Bonchev–Trinajstić information content (AvgIpc) is 3.04. The lowest BCUT2D eigenvalue weighted by Crippen LogP contribution is -2.37. The molecule has 1 atom stereocenters. The predicted molar refractivity (Wildman–Crippen MR) is 75.5 cm³/mol. The predicted octanol–water partition coefficient (Wildman–Crippen LogP) is 2.62. The molecule has 1 saturated carbocycles. The molecular formula is C15H27N3. The third-order valence-electron chi connectivity index (χ3n) is 4.00. The van der Waals surface area contributed by atoms with E-state index in [0.29, 0.717) is 5.41 Å². The Labute approximate surface area is 111 Å². The van der Waals surface area contributed by atoms with Crippen molar-refractivity contribution < 1.29 is 0 Å². The van der Waals surface area contributed by atoms with Crippen molar-refractivity contribution in [3.8, 4) is 0 Å². The van der Waals surface area contributed by atoms with Gasteiger partial charge >= 0.3 is 0 Å². The molecule has 1 aromatic heterocycles. The van der Waals surface area contributed by atoms with Crippen LogP contribution in [0.2, 0.25) is 0 Å². The Kier molecular flexibility index (Phi) is 4.10. The van der Waals surface area contributed by atoms with Crippen LogP contribution >= 0.6 is 0 Å².